The molecule has 3 heteroatoms. The first-order chi connectivity index (χ1) is 4.75. The van der Waals surface area contributed by atoms with Gasteiger partial charge in [0.05, 0.1) is 12.3 Å². The lowest BCUT2D eigenvalue weighted by Crippen LogP contribution is -1.91. The zero-order valence-electron chi connectivity index (χ0n) is 5.63. The first-order valence-corrected chi connectivity index (χ1v) is 3.76. The van der Waals surface area contributed by atoms with Crippen molar-refractivity contribution in [2.75, 3.05) is 0 Å². The highest BCUT2D eigenvalue weighted by molar-refractivity contribution is 9.10. The van der Waals surface area contributed by atoms with Gasteiger partial charge in [0.2, 0.25) is 0 Å². The number of aliphatic hydroxyl groups excluding tert-OH is 1. The van der Waals surface area contributed by atoms with Crippen molar-refractivity contribution in [1.29, 1.82) is 0 Å². The van der Waals surface area contributed by atoms with E-state index in [9.17, 15) is 0 Å². The van der Waals surface area contributed by atoms with Gasteiger partial charge in [-0.25, -0.2) is 0 Å². The number of hydrogen-bond acceptors (Lipinski definition) is 2. The molecule has 0 aliphatic carbocycles. The lowest BCUT2D eigenvalue weighted by atomic mass is 10.2. The van der Waals surface area contributed by atoms with Crippen LogP contribution in [-0.4, -0.2) is 10.1 Å². The molecule has 54 valence electrons. The van der Waals surface area contributed by atoms with Gasteiger partial charge < -0.3 is 5.11 Å². The third-order valence-corrected chi connectivity index (χ3v) is 2.39. The monoisotopic (exact) mass is 201 g/mol. The number of rotatable bonds is 1. The summed E-state index contributed by atoms with van der Waals surface area (Å²) in [5, 5.41) is 8.75. The molecular formula is C7H8BrNO. The van der Waals surface area contributed by atoms with Gasteiger partial charge in [0.25, 0.3) is 0 Å². The van der Waals surface area contributed by atoms with E-state index < -0.39 is 0 Å². The molecule has 0 atom stereocenters. The van der Waals surface area contributed by atoms with Crippen molar-refractivity contribution >= 4 is 15.9 Å². The number of aryl methyl sites for hydroxylation is 1. The minimum Gasteiger partial charge on any atom is -0.390 e. The van der Waals surface area contributed by atoms with E-state index in [0.717, 1.165) is 10.0 Å². The molecule has 0 radical (unpaired) electrons. The predicted octanol–water partition coefficient (Wildman–Crippen LogP) is 1.64. The molecule has 0 saturated heterocycles. The van der Waals surface area contributed by atoms with Gasteiger partial charge in [-0.2, -0.15) is 0 Å². The summed E-state index contributed by atoms with van der Waals surface area (Å²) in [6.45, 7) is 1.95. The van der Waals surface area contributed by atoms with Gasteiger partial charge in [0.1, 0.15) is 0 Å². The summed E-state index contributed by atoms with van der Waals surface area (Å²) < 4.78 is 0.900. The summed E-state index contributed by atoms with van der Waals surface area (Å²) in [5.41, 5.74) is 1.79. The fourth-order valence-corrected chi connectivity index (χ4v) is 1.07. The summed E-state index contributed by atoms with van der Waals surface area (Å²) >= 11 is 3.32. The van der Waals surface area contributed by atoms with Crippen LogP contribution in [0.4, 0.5) is 0 Å². The maximum atomic E-state index is 8.75. The van der Waals surface area contributed by atoms with E-state index in [0.29, 0.717) is 5.69 Å². The molecule has 0 amide bonds. The molecule has 1 N–H and O–H groups in total. The van der Waals surface area contributed by atoms with Gasteiger partial charge >= 0.3 is 0 Å². The minimum atomic E-state index is -0.0116. The van der Waals surface area contributed by atoms with Crippen molar-refractivity contribution in [3.05, 3.63) is 28.0 Å². The predicted molar refractivity (Wildman–Crippen MR) is 42.6 cm³/mol. The maximum absolute atomic E-state index is 8.75. The second-order valence-corrected chi connectivity index (χ2v) is 2.84. The first kappa shape index (κ1) is 7.69. The Kier molecular flexibility index (Phi) is 2.40. The van der Waals surface area contributed by atoms with Crippen LogP contribution < -0.4 is 0 Å². The van der Waals surface area contributed by atoms with Crippen molar-refractivity contribution in [2.24, 2.45) is 0 Å². The Hall–Kier alpha value is -0.410. The van der Waals surface area contributed by atoms with E-state index in [2.05, 4.69) is 20.9 Å². The van der Waals surface area contributed by atoms with E-state index in [-0.39, 0.29) is 6.61 Å². The van der Waals surface area contributed by atoms with E-state index in [1.54, 1.807) is 6.20 Å². The lowest BCUT2D eigenvalue weighted by molar-refractivity contribution is 0.276. The molecule has 0 saturated carbocycles. The van der Waals surface area contributed by atoms with Gasteiger partial charge in [0.15, 0.2) is 0 Å². The van der Waals surface area contributed by atoms with Gasteiger partial charge in [-0.15, -0.1) is 0 Å². The fraction of sp³-hybridized carbons (Fsp3) is 0.286. The molecule has 2 nitrogen and oxygen atoms in total. The van der Waals surface area contributed by atoms with E-state index in [4.69, 9.17) is 5.11 Å². The van der Waals surface area contributed by atoms with Crippen molar-refractivity contribution in [1.82, 2.24) is 4.98 Å². The molecule has 0 aliphatic heterocycles. The summed E-state index contributed by atoms with van der Waals surface area (Å²) in [6.07, 6.45) is 1.69. The number of aromatic nitrogens is 1. The highest BCUT2D eigenvalue weighted by Crippen LogP contribution is 2.18. The number of aliphatic hydroxyl groups is 1. The summed E-state index contributed by atoms with van der Waals surface area (Å²) in [6, 6.07) is 1.89. The smallest absolute Gasteiger partial charge is 0.0864 e. The third-order valence-electron chi connectivity index (χ3n) is 1.30. The second-order valence-electron chi connectivity index (χ2n) is 2.05. The van der Waals surface area contributed by atoms with Crippen molar-refractivity contribution < 1.29 is 5.11 Å². The van der Waals surface area contributed by atoms with Crippen LogP contribution in [0.3, 0.4) is 0 Å². The molecule has 1 aromatic rings. The number of halogens is 1. The van der Waals surface area contributed by atoms with Crippen LogP contribution >= 0.6 is 15.9 Å². The van der Waals surface area contributed by atoms with E-state index >= 15 is 0 Å². The molecule has 10 heavy (non-hydrogen) atoms. The van der Waals surface area contributed by atoms with Crippen LogP contribution in [0.2, 0.25) is 0 Å². The molecule has 0 aliphatic rings. The summed E-state index contributed by atoms with van der Waals surface area (Å²) in [4.78, 5) is 3.96. The molecular weight excluding hydrogens is 194 g/mol. The number of hydrogen-bond donors (Lipinski definition) is 1. The average molecular weight is 202 g/mol. The Balaban J connectivity index is 3.14. The fourth-order valence-electron chi connectivity index (χ4n) is 0.707. The zero-order valence-corrected chi connectivity index (χ0v) is 7.22. The molecule has 0 fully saturated rings. The first-order valence-electron chi connectivity index (χ1n) is 2.96. The third kappa shape index (κ3) is 1.36. The zero-order chi connectivity index (χ0) is 7.56. The van der Waals surface area contributed by atoms with Gasteiger partial charge in [0, 0.05) is 10.7 Å². The molecule has 0 spiro atoms. The minimum absolute atomic E-state index is 0.0116. The Bertz CT molecular complexity index is 237. The number of pyridine rings is 1. The van der Waals surface area contributed by atoms with Crippen molar-refractivity contribution in [3.63, 3.8) is 0 Å². The summed E-state index contributed by atoms with van der Waals surface area (Å²) in [7, 11) is 0. The Morgan fingerprint density at radius 1 is 1.70 bits per heavy atom. The van der Waals surface area contributed by atoms with Gasteiger partial charge in [-0.05, 0) is 34.5 Å². The van der Waals surface area contributed by atoms with Crippen molar-refractivity contribution in [3.8, 4) is 0 Å². The SMILES string of the molecule is Cc1ccnc(CO)c1Br. The normalized spacial score (nSPS) is 9.90. The average Bonchev–Trinajstić information content (AvgIpc) is 1.95. The lowest BCUT2D eigenvalue weighted by Gasteiger charge is -2.00. The quantitative estimate of drug-likeness (QED) is 0.750. The van der Waals surface area contributed by atoms with Gasteiger partial charge in [-0.3, -0.25) is 4.98 Å². The van der Waals surface area contributed by atoms with Crippen LogP contribution in [0.1, 0.15) is 11.3 Å². The summed E-state index contributed by atoms with van der Waals surface area (Å²) in [5.74, 6) is 0. The topological polar surface area (TPSA) is 33.1 Å². The largest absolute Gasteiger partial charge is 0.390 e. The molecule has 0 aromatic carbocycles. The van der Waals surface area contributed by atoms with Crippen LogP contribution in [-0.2, 0) is 6.61 Å². The molecule has 0 bridgehead atoms. The van der Waals surface area contributed by atoms with Crippen molar-refractivity contribution in [2.45, 2.75) is 13.5 Å². The standard InChI is InChI=1S/C7H8BrNO/c1-5-2-3-9-6(4-10)7(5)8/h2-3,10H,4H2,1H3. The van der Waals surface area contributed by atoms with Crippen LogP contribution in [0.15, 0.2) is 16.7 Å². The Morgan fingerprint density at radius 2 is 2.40 bits per heavy atom. The van der Waals surface area contributed by atoms with E-state index in [1.165, 1.54) is 0 Å². The van der Waals surface area contributed by atoms with Crippen LogP contribution in [0.25, 0.3) is 0 Å². The molecule has 1 rings (SSSR count). The highest BCUT2D eigenvalue weighted by Gasteiger charge is 2.00. The molecule has 1 heterocycles. The van der Waals surface area contributed by atoms with Gasteiger partial charge in [-0.1, -0.05) is 0 Å². The van der Waals surface area contributed by atoms with Crippen LogP contribution in [0.5, 0.6) is 0 Å². The Morgan fingerprint density at radius 3 is 2.90 bits per heavy atom. The molecule has 0 unspecified atom stereocenters. The van der Waals surface area contributed by atoms with Crippen LogP contribution in [0, 0.1) is 6.92 Å². The highest BCUT2D eigenvalue weighted by atomic mass is 79.9. The maximum Gasteiger partial charge on any atom is 0.0864 e. The molecule has 1 aromatic heterocycles. The van der Waals surface area contributed by atoms with E-state index in [1.807, 2.05) is 13.0 Å². The second kappa shape index (κ2) is 3.12. The Labute approximate surface area is 68.0 Å². The number of nitrogens with zero attached hydrogens (tertiary/aromatic N) is 1.